The van der Waals surface area contributed by atoms with E-state index in [1.54, 1.807) is 19.9 Å². The van der Waals surface area contributed by atoms with Crippen LogP contribution >= 0.6 is 0 Å². The second kappa shape index (κ2) is 10.9. The first-order chi connectivity index (χ1) is 13.6. The molecule has 0 aliphatic carbocycles. The number of esters is 2. The maximum Gasteiger partial charge on any atom is 0.352 e. The Hall–Kier alpha value is -1.66. The second-order valence-electron chi connectivity index (χ2n) is 8.69. The lowest BCUT2D eigenvalue weighted by Crippen LogP contribution is -2.65. The van der Waals surface area contributed by atoms with Crippen LogP contribution in [0.3, 0.4) is 0 Å². The van der Waals surface area contributed by atoms with Gasteiger partial charge in [0, 0.05) is 17.5 Å². The van der Waals surface area contributed by atoms with Crippen molar-refractivity contribution in [3.63, 3.8) is 0 Å². The molecule has 1 saturated heterocycles. The summed E-state index contributed by atoms with van der Waals surface area (Å²) in [5, 5.41) is 1.83. The molecule has 0 aromatic rings. The summed E-state index contributed by atoms with van der Waals surface area (Å²) in [6.07, 6.45) is 9.77. The monoisotopic (exact) mass is 409 g/mol. The molecule has 0 amide bonds. The molecule has 0 aromatic heterocycles. The Morgan fingerprint density at radius 1 is 1.03 bits per heavy atom. The summed E-state index contributed by atoms with van der Waals surface area (Å²) >= 11 is 0. The number of unbranched alkanes of at least 4 members (excludes halogenated alkanes) is 1. The molecule has 6 heteroatoms. The van der Waals surface area contributed by atoms with Crippen LogP contribution in [-0.2, 0) is 23.9 Å². The average molecular weight is 410 g/mol. The van der Waals surface area contributed by atoms with Crippen molar-refractivity contribution in [1.82, 2.24) is 5.06 Å². The summed E-state index contributed by atoms with van der Waals surface area (Å²) in [6, 6.07) is 0. The van der Waals surface area contributed by atoms with Gasteiger partial charge in [0.05, 0.1) is 13.2 Å². The highest BCUT2D eigenvalue weighted by atomic mass is 16.7. The molecule has 1 heterocycles. The summed E-state index contributed by atoms with van der Waals surface area (Å²) in [4.78, 5) is 32.6. The quantitative estimate of drug-likeness (QED) is 0.213. The van der Waals surface area contributed by atoms with E-state index in [0.29, 0.717) is 12.8 Å². The average Bonchev–Trinajstić information content (AvgIpc) is 2.62. The third-order valence-electron chi connectivity index (χ3n) is 5.31. The van der Waals surface area contributed by atoms with E-state index in [9.17, 15) is 9.59 Å². The number of hydroxylamine groups is 2. The Morgan fingerprint density at radius 3 is 2.00 bits per heavy atom. The summed E-state index contributed by atoms with van der Waals surface area (Å²) in [5.74, 6) is -1.38. The van der Waals surface area contributed by atoms with Crippen molar-refractivity contribution in [3.05, 3.63) is 24.8 Å². The van der Waals surface area contributed by atoms with E-state index in [-0.39, 0.29) is 30.7 Å². The van der Waals surface area contributed by atoms with Gasteiger partial charge in [0.25, 0.3) is 5.60 Å². The van der Waals surface area contributed by atoms with Crippen molar-refractivity contribution in [1.29, 1.82) is 0 Å². The maximum atomic E-state index is 13.1. The van der Waals surface area contributed by atoms with Gasteiger partial charge >= 0.3 is 11.9 Å². The minimum Gasteiger partial charge on any atom is -0.463 e. The molecule has 0 aromatic carbocycles. The molecule has 29 heavy (non-hydrogen) atoms. The zero-order chi connectivity index (χ0) is 22.1. The molecule has 0 spiro atoms. The van der Waals surface area contributed by atoms with Crippen LogP contribution in [0.5, 0.6) is 0 Å². The van der Waals surface area contributed by atoms with Gasteiger partial charge in [0.2, 0.25) is 0 Å². The highest BCUT2D eigenvalue weighted by Gasteiger charge is 2.56. The highest BCUT2D eigenvalue weighted by Crippen LogP contribution is 2.41. The molecule has 1 aliphatic heterocycles. The van der Waals surface area contributed by atoms with E-state index in [2.05, 4.69) is 34.3 Å². The van der Waals surface area contributed by atoms with Crippen molar-refractivity contribution < 1.29 is 23.9 Å². The summed E-state index contributed by atoms with van der Waals surface area (Å²) < 4.78 is 10.6. The molecule has 0 atom stereocenters. The van der Waals surface area contributed by atoms with Gasteiger partial charge in [-0.2, -0.15) is 5.06 Å². The van der Waals surface area contributed by atoms with Crippen molar-refractivity contribution in [2.75, 3.05) is 13.2 Å². The topological polar surface area (TPSA) is 65.1 Å². The van der Waals surface area contributed by atoms with Crippen LogP contribution in [-0.4, -0.2) is 46.9 Å². The van der Waals surface area contributed by atoms with E-state index < -0.39 is 17.5 Å². The number of hydrogen-bond acceptors (Lipinski definition) is 6. The second-order valence-corrected chi connectivity index (χ2v) is 8.69. The first-order valence-electron chi connectivity index (χ1n) is 10.7. The lowest BCUT2D eigenvalue weighted by atomic mass is 9.82. The van der Waals surface area contributed by atoms with Gasteiger partial charge in [0.15, 0.2) is 0 Å². The first-order valence-corrected chi connectivity index (χ1v) is 10.7. The van der Waals surface area contributed by atoms with Gasteiger partial charge in [-0.25, -0.2) is 9.59 Å². The van der Waals surface area contributed by atoms with E-state index in [0.717, 1.165) is 19.3 Å². The van der Waals surface area contributed by atoms with Gasteiger partial charge in [-0.3, -0.25) is 4.84 Å². The standard InChI is InChI=1S/C23H39NO5/c1-8-11-12-13-14-18-23(19(25)27-9-2,20(26)28-10-3)29-24-21(4,5)16-15-17-22(24,6)7/h8,11-12H,1,9-10,13-18H2,2-7H3/b12-11+. The zero-order valence-corrected chi connectivity index (χ0v) is 19.1. The van der Waals surface area contributed by atoms with Crippen molar-refractivity contribution in [2.24, 2.45) is 0 Å². The minimum atomic E-state index is -1.82. The third kappa shape index (κ3) is 6.41. The largest absolute Gasteiger partial charge is 0.463 e. The van der Waals surface area contributed by atoms with E-state index in [4.69, 9.17) is 14.3 Å². The van der Waals surface area contributed by atoms with Gasteiger partial charge in [0.1, 0.15) is 0 Å². The van der Waals surface area contributed by atoms with Crippen LogP contribution in [0.1, 0.15) is 80.1 Å². The Bertz CT molecular complexity index is 560. The molecule has 1 rings (SSSR count). The molecule has 1 aliphatic rings. The maximum absolute atomic E-state index is 13.1. The number of allylic oxidation sites excluding steroid dienone is 3. The van der Waals surface area contributed by atoms with Crippen LogP contribution < -0.4 is 0 Å². The molecule has 0 saturated carbocycles. The highest BCUT2D eigenvalue weighted by molar-refractivity contribution is 6.03. The van der Waals surface area contributed by atoms with Crippen LogP contribution in [0.25, 0.3) is 0 Å². The number of carbonyl (C=O) groups is 2. The van der Waals surface area contributed by atoms with Gasteiger partial charge < -0.3 is 9.47 Å². The summed E-state index contributed by atoms with van der Waals surface area (Å²) in [6.45, 7) is 15.7. The third-order valence-corrected chi connectivity index (χ3v) is 5.31. The molecule has 0 bridgehead atoms. The molecule has 0 radical (unpaired) electrons. The fourth-order valence-corrected chi connectivity index (χ4v) is 3.94. The Kier molecular flexibility index (Phi) is 9.56. The molecular formula is C23H39NO5. The van der Waals surface area contributed by atoms with Crippen LogP contribution in [0, 0.1) is 0 Å². The number of carbonyl (C=O) groups excluding carboxylic acids is 2. The molecule has 0 N–H and O–H groups in total. The first kappa shape index (κ1) is 25.4. The lowest BCUT2D eigenvalue weighted by molar-refractivity contribution is -0.329. The number of nitrogens with zero attached hydrogens (tertiary/aromatic N) is 1. The Morgan fingerprint density at radius 2 is 1.55 bits per heavy atom. The number of rotatable bonds is 11. The van der Waals surface area contributed by atoms with E-state index >= 15 is 0 Å². The SMILES string of the molecule is C=C/C=C/CCCC(ON1C(C)(C)CCCC1(C)C)(C(=O)OCC)C(=O)OCC. The fraction of sp³-hybridized carbons (Fsp3) is 0.739. The molecule has 6 nitrogen and oxygen atoms in total. The number of ether oxygens (including phenoxy) is 2. The number of piperidine rings is 1. The molecule has 1 fully saturated rings. The van der Waals surface area contributed by atoms with E-state index in [1.165, 1.54) is 0 Å². The van der Waals surface area contributed by atoms with Gasteiger partial charge in [-0.15, -0.1) is 0 Å². The normalized spacial score (nSPS) is 19.1. The Labute approximate surface area is 176 Å². The Balaban J connectivity index is 3.33. The molecular weight excluding hydrogens is 370 g/mol. The predicted molar refractivity (Wildman–Crippen MR) is 114 cm³/mol. The molecule has 166 valence electrons. The summed E-state index contributed by atoms with van der Waals surface area (Å²) in [7, 11) is 0. The molecule has 0 unspecified atom stereocenters. The lowest BCUT2D eigenvalue weighted by Gasteiger charge is -2.53. The number of hydrogen-bond donors (Lipinski definition) is 0. The van der Waals surface area contributed by atoms with Crippen LogP contribution in [0.15, 0.2) is 24.8 Å². The van der Waals surface area contributed by atoms with E-state index in [1.807, 2.05) is 17.2 Å². The van der Waals surface area contributed by atoms with Gasteiger partial charge in [-0.05, 0) is 73.6 Å². The van der Waals surface area contributed by atoms with Crippen LogP contribution in [0.2, 0.25) is 0 Å². The van der Waals surface area contributed by atoms with Crippen molar-refractivity contribution in [3.8, 4) is 0 Å². The predicted octanol–water partition coefficient (Wildman–Crippen LogP) is 4.74. The zero-order valence-electron chi connectivity index (χ0n) is 19.1. The smallest absolute Gasteiger partial charge is 0.352 e. The van der Waals surface area contributed by atoms with Crippen molar-refractivity contribution in [2.45, 2.75) is 96.7 Å². The van der Waals surface area contributed by atoms with Crippen molar-refractivity contribution >= 4 is 11.9 Å². The fourth-order valence-electron chi connectivity index (χ4n) is 3.94. The van der Waals surface area contributed by atoms with Crippen LogP contribution in [0.4, 0.5) is 0 Å². The summed E-state index contributed by atoms with van der Waals surface area (Å²) in [5.41, 5.74) is -2.50. The minimum absolute atomic E-state index is 0.159. The van der Waals surface area contributed by atoms with Gasteiger partial charge in [-0.1, -0.05) is 24.8 Å².